The van der Waals surface area contributed by atoms with Gasteiger partial charge >= 0.3 is 0 Å². The Labute approximate surface area is 71.6 Å². The number of aromatic nitrogens is 3. The SMILES string of the molecule is Cn1nc(C(C)(C)C)nc1C=O. The van der Waals surface area contributed by atoms with E-state index in [4.69, 9.17) is 0 Å². The van der Waals surface area contributed by atoms with Crippen LogP contribution in [0, 0.1) is 0 Å². The van der Waals surface area contributed by atoms with E-state index in [2.05, 4.69) is 10.1 Å². The van der Waals surface area contributed by atoms with Gasteiger partial charge in [-0.2, -0.15) is 5.10 Å². The van der Waals surface area contributed by atoms with Crippen LogP contribution < -0.4 is 0 Å². The summed E-state index contributed by atoms with van der Waals surface area (Å²) in [7, 11) is 1.71. The predicted octanol–water partition coefficient (Wildman–Crippen LogP) is 0.925. The number of aryl methyl sites for hydroxylation is 1. The van der Waals surface area contributed by atoms with Crippen LogP contribution in [0.1, 0.15) is 37.2 Å². The molecule has 0 fully saturated rings. The average molecular weight is 167 g/mol. The molecule has 0 aliphatic carbocycles. The second kappa shape index (κ2) is 2.69. The van der Waals surface area contributed by atoms with Crippen molar-refractivity contribution in [3.8, 4) is 0 Å². The monoisotopic (exact) mass is 167 g/mol. The van der Waals surface area contributed by atoms with Crippen LogP contribution in [-0.4, -0.2) is 21.1 Å². The fourth-order valence-corrected chi connectivity index (χ4v) is 0.817. The first-order valence-corrected chi connectivity index (χ1v) is 3.82. The first-order valence-electron chi connectivity index (χ1n) is 3.82. The summed E-state index contributed by atoms with van der Waals surface area (Å²) in [6, 6.07) is 0. The molecule has 1 rings (SSSR count). The fourth-order valence-electron chi connectivity index (χ4n) is 0.817. The molecule has 4 nitrogen and oxygen atoms in total. The molecule has 0 radical (unpaired) electrons. The van der Waals surface area contributed by atoms with Crippen molar-refractivity contribution in [2.75, 3.05) is 0 Å². The highest BCUT2D eigenvalue weighted by Gasteiger charge is 2.20. The normalized spacial score (nSPS) is 11.7. The van der Waals surface area contributed by atoms with Crippen LogP contribution in [0.3, 0.4) is 0 Å². The van der Waals surface area contributed by atoms with Crippen molar-refractivity contribution in [2.24, 2.45) is 7.05 Å². The molecule has 4 heteroatoms. The van der Waals surface area contributed by atoms with Crippen LogP contribution in [0.4, 0.5) is 0 Å². The van der Waals surface area contributed by atoms with Gasteiger partial charge in [0.05, 0.1) is 0 Å². The Hall–Kier alpha value is -1.19. The maximum atomic E-state index is 10.4. The van der Waals surface area contributed by atoms with E-state index in [1.54, 1.807) is 7.05 Å². The number of carbonyl (C=O) groups excluding carboxylic acids is 1. The van der Waals surface area contributed by atoms with Crippen molar-refractivity contribution in [3.63, 3.8) is 0 Å². The van der Waals surface area contributed by atoms with Crippen LogP contribution in [0.15, 0.2) is 0 Å². The molecule has 0 aliphatic heterocycles. The van der Waals surface area contributed by atoms with Crippen LogP contribution >= 0.6 is 0 Å². The number of hydrogen-bond donors (Lipinski definition) is 0. The van der Waals surface area contributed by atoms with Crippen molar-refractivity contribution in [1.82, 2.24) is 14.8 Å². The summed E-state index contributed by atoms with van der Waals surface area (Å²) in [6.45, 7) is 6.03. The maximum absolute atomic E-state index is 10.4. The first kappa shape index (κ1) is 8.90. The van der Waals surface area contributed by atoms with Gasteiger partial charge in [-0.3, -0.25) is 4.79 Å². The minimum atomic E-state index is -0.0982. The maximum Gasteiger partial charge on any atom is 0.191 e. The standard InChI is InChI=1S/C8H13N3O/c1-8(2,3)7-9-6(5-12)11(4)10-7/h5H,1-4H3. The molecule has 0 atom stereocenters. The molecule has 0 N–H and O–H groups in total. The summed E-state index contributed by atoms with van der Waals surface area (Å²) in [5.74, 6) is 1.08. The summed E-state index contributed by atoms with van der Waals surface area (Å²) in [5.41, 5.74) is -0.0982. The molecule has 1 heterocycles. The number of rotatable bonds is 1. The van der Waals surface area contributed by atoms with E-state index in [9.17, 15) is 4.79 Å². The molecule has 0 spiro atoms. The van der Waals surface area contributed by atoms with Crippen molar-refractivity contribution >= 4 is 6.29 Å². The highest BCUT2D eigenvalue weighted by Crippen LogP contribution is 2.17. The Morgan fingerprint density at radius 3 is 2.25 bits per heavy atom. The molecule has 1 aromatic heterocycles. The van der Waals surface area contributed by atoms with Gasteiger partial charge in [0.15, 0.2) is 17.9 Å². The molecular formula is C8H13N3O. The van der Waals surface area contributed by atoms with Crippen molar-refractivity contribution in [3.05, 3.63) is 11.6 Å². The quantitative estimate of drug-likeness (QED) is 0.584. The zero-order chi connectivity index (χ0) is 9.35. The third-order valence-corrected chi connectivity index (χ3v) is 1.57. The minimum Gasteiger partial charge on any atom is -0.294 e. The Bertz CT molecular complexity index is 296. The second-order valence-electron chi connectivity index (χ2n) is 3.79. The number of aldehydes is 1. The highest BCUT2D eigenvalue weighted by atomic mass is 16.1. The van der Waals surface area contributed by atoms with E-state index in [0.717, 1.165) is 0 Å². The molecule has 12 heavy (non-hydrogen) atoms. The molecule has 0 unspecified atom stereocenters. The number of nitrogens with zero attached hydrogens (tertiary/aromatic N) is 3. The first-order chi connectivity index (χ1) is 5.45. The Kier molecular flexibility index (Phi) is 2.00. The molecule has 0 bridgehead atoms. The molecule has 66 valence electrons. The van der Waals surface area contributed by atoms with Gasteiger partial charge in [-0.05, 0) is 0 Å². The van der Waals surface area contributed by atoms with E-state index in [1.165, 1.54) is 4.68 Å². The largest absolute Gasteiger partial charge is 0.294 e. The Morgan fingerprint density at radius 1 is 1.42 bits per heavy atom. The van der Waals surface area contributed by atoms with Gasteiger partial charge in [-0.25, -0.2) is 9.67 Å². The molecule has 1 aromatic rings. The summed E-state index contributed by atoms with van der Waals surface area (Å²) in [5, 5.41) is 4.13. The van der Waals surface area contributed by atoms with Crippen LogP contribution in [0.5, 0.6) is 0 Å². The number of hydrogen-bond acceptors (Lipinski definition) is 3. The molecule has 0 saturated heterocycles. The topological polar surface area (TPSA) is 47.8 Å². The van der Waals surface area contributed by atoms with Gasteiger partial charge in [-0.15, -0.1) is 0 Å². The van der Waals surface area contributed by atoms with Gasteiger partial charge < -0.3 is 0 Å². The zero-order valence-corrected chi connectivity index (χ0v) is 7.83. The van der Waals surface area contributed by atoms with Crippen LogP contribution in [-0.2, 0) is 12.5 Å². The van der Waals surface area contributed by atoms with Crippen molar-refractivity contribution in [2.45, 2.75) is 26.2 Å². The highest BCUT2D eigenvalue weighted by molar-refractivity contribution is 5.68. The minimum absolute atomic E-state index is 0.0982. The van der Waals surface area contributed by atoms with Crippen molar-refractivity contribution in [1.29, 1.82) is 0 Å². The summed E-state index contributed by atoms with van der Waals surface area (Å²) >= 11 is 0. The lowest BCUT2D eigenvalue weighted by Gasteiger charge is -2.11. The zero-order valence-electron chi connectivity index (χ0n) is 7.83. The van der Waals surface area contributed by atoms with Gasteiger partial charge in [0.2, 0.25) is 0 Å². The lowest BCUT2D eigenvalue weighted by molar-refractivity contribution is 0.111. The molecular weight excluding hydrogens is 154 g/mol. The van der Waals surface area contributed by atoms with Gasteiger partial charge in [0.25, 0.3) is 0 Å². The summed E-state index contributed by atoms with van der Waals surface area (Å²) in [4.78, 5) is 14.5. The Morgan fingerprint density at radius 2 is 2.00 bits per heavy atom. The third-order valence-electron chi connectivity index (χ3n) is 1.57. The Balaban J connectivity index is 3.13. The predicted molar refractivity (Wildman–Crippen MR) is 45.1 cm³/mol. The van der Waals surface area contributed by atoms with Crippen molar-refractivity contribution < 1.29 is 4.79 Å². The molecule has 0 aliphatic rings. The van der Waals surface area contributed by atoms with Gasteiger partial charge in [0.1, 0.15) is 0 Å². The van der Waals surface area contributed by atoms with E-state index in [-0.39, 0.29) is 5.41 Å². The average Bonchev–Trinajstić information content (AvgIpc) is 2.29. The van der Waals surface area contributed by atoms with E-state index >= 15 is 0 Å². The van der Waals surface area contributed by atoms with E-state index < -0.39 is 0 Å². The van der Waals surface area contributed by atoms with Crippen LogP contribution in [0.25, 0.3) is 0 Å². The molecule has 0 aromatic carbocycles. The van der Waals surface area contributed by atoms with E-state index in [1.807, 2.05) is 20.8 Å². The molecule has 0 saturated carbocycles. The van der Waals surface area contributed by atoms with Gasteiger partial charge in [-0.1, -0.05) is 20.8 Å². The lowest BCUT2D eigenvalue weighted by Crippen LogP contribution is -2.13. The summed E-state index contributed by atoms with van der Waals surface area (Å²) in [6.07, 6.45) is 0.711. The second-order valence-corrected chi connectivity index (χ2v) is 3.79. The molecule has 0 amide bonds. The third kappa shape index (κ3) is 1.52. The summed E-state index contributed by atoms with van der Waals surface area (Å²) < 4.78 is 1.49. The van der Waals surface area contributed by atoms with Crippen LogP contribution in [0.2, 0.25) is 0 Å². The smallest absolute Gasteiger partial charge is 0.191 e. The number of carbonyl (C=O) groups is 1. The lowest BCUT2D eigenvalue weighted by atomic mass is 9.96. The van der Waals surface area contributed by atoms with Gasteiger partial charge in [0, 0.05) is 12.5 Å². The van der Waals surface area contributed by atoms with E-state index in [0.29, 0.717) is 17.9 Å². The fraction of sp³-hybridized carbons (Fsp3) is 0.625.